The lowest BCUT2D eigenvalue weighted by Gasteiger charge is -2.35. The van der Waals surface area contributed by atoms with E-state index in [4.69, 9.17) is 15.2 Å². The Balaban J connectivity index is 3.41. The fraction of sp³-hybridized carbons (Fsp3) is 0.533. The number of carbonyl (C=O) groups is 1. The van der Waals surface area contributed by atoms with Crippen molar-refractivity contribution in [3.05, 3.63) is 29.6 Å². The Morgan fingerprint density at radius 2 is 2.10 bits per heavy atom. The molecule has 0 aliphatic carbocycles. The number of hydrogen-bond donors (Lipinski definition) is 1. The zero-order valence-electron chi connectivity index (χ0n) is 12.4. The van der Waals surface area contributed by atoms with Crippen LogP contribution in [0.15, 0.2) is 18.2 Å². The van der Waals surface area contributed by atoms with Crippen molar-refractivity contribution in [1.82, 2.24) is 0 Å². The van der Waals surface area contributed by atoms with Gasteiger partial charge in [-0.25, -0.2) is 4.39 Å². The molecular weight excluding hydrogens is 261 g/mol. The summed E-state index contributed by atoms with van der Waals surface area (Å²) in [4.78, 5) is 11.7. The second-order valence-electron chi connectivity index (χ2n) is 5.00. The highest BCUT2D eigenvalue weighted by atomic mass is 19.1. The van der Waals surface area contributed by atoms with Crippen LogP contribution in [-0.4, -0.2) is 26.2 Å². The minimum absolute atomic E-state index is 0.00417. The second-order valence-corrected chi connectivity index (χ2v) is 5.00. The summed E-state index contributed by atoms with van der Waals surface area (Å²) < 4.78 is 24.2. The zero-order valence-corrected chi connectivity index (χ0v) is 12.4. The fourth-order valence-electron chi connectivity index (χ4n) is 2.46. The number of esters is 1. The number of nitrogens with two attached hydrogens (primary N) is 1. The van der Waals surface area contributed by atoms with Crippen molar-refractivity contribution >= 4 is 5.97 Å². The molecule has 2 unspecified atom stereocenters. The number of carbonyl (C=O) groups excluding carboxylic acids is 1. The molecule has 0 heterocycles. The SMILES string of the molecule is CCC(N)C(C)(CC(=O)OC)c1c(F)cccc1OC. The van der Waals surface area contributed by atoms with Crippen LogP contribution in [0, 0.1) is 5.82 Å². The van der Waals surface area contributed by atoms with Crippen molar-refractivity contribution < 1.29 is 18.7 Å². The quantitative estimate of drug-likeness (QED) is 0.814. The van der Waals surface area contributed by atoms with Crippen molar-refractivity contribution in [3.63, 3.8) is 0 Å². The van der Waals surface area contributed by atoms with E-state index in [2.05, 4.69) is 0 Å². The molecule has 112 valence electrons. The van der Waals surface area contributed by atoms with Gasteiger partial charge in [0.05, 0.1) is 20.6 Å². The van der Waals surface area contributed by atoms with E-state index < -0.39 is 23.2 Å². The number of benzene rings is 1. The maximum atomic E-state index is 14.3. The predicted octanol–water partition coefficient (Wildman–Crippen LogP) is 2.39. The lowest BCUT2D eigenvalue weighted by molar-refractivity contribution is -0.142. The Morgan fingerprint density at radius 1 is 1.45 bits per heavy atom. The largest absolute Gasteiger partial charge is 0.496 e. The van der Waals surface area contributed by atoms with Crippen molar-refractivity contribution in [3.8, 4) is 5.75 Å². The van der Waals surface area contributed by atoms with Crippen molar-refractivity contribution in [2.24, 2.45) is 5.73 Å². The average Bonchev–Trinajstić information content (AvgIpc) is 2.45. The molecule has 0 fully saturated rings. The first-order valence-electron chi connectivity index (χ1n) is 6.56. The molecule has 2 N–H and O–H groups in total. The van der Waals surface area contributed by atoms with Gasteiger partial charge in [0.2, 0.25) is 0 Å². The maximum Gasteiger partial charge on any atom is 0.306 e. The van der Waals surface area contributed by atoms with Crippen molar-refractivity contribution in [2.45, 2.75) is 38.1 Å². The van der Waals surface area contributed by atoms with Gasteiger partial charge < -0.3 is 15.2 Å². The molecule has 0 saturated carbocycles. The number of ether oxygens (including phenoxy) is 2. The molecule has 2 atom stereocenters. The van der Waals surface area contributed by atoms with Gasteiger partial charge >= 0.3 is 5.97 Å². The van der Waals surface area contributed by atoms with Gasteiger partial charge in [-0.15, -0.1) is 0 Å². The molecule has 0 radical (unpaired) electrons. The van der Waals surface area contributed by atoms with Gasteiger partial charge in [-0.1, -0.05) is 19.9 Å². The third-order valence-corrected chi connectivity index (χ3v) is 3.76. The Morgan fingerprint density at radius 3 is 2.60 bits per heavy atom. The highest BCUT2D eigenvalue weighted by molar-refractivity contribution is 5.72. The summed E-state index contributed by atoms with van der Waals surface area (Å²) in [5.41, 5.74) is 5.58. The normalized spacial score (nSPS) is 15.3. The molecule has 0 aliphatic rings. The van der Waals surface area contributed by atoms with Crippen LogP contribution in [0.1, 0.15) is 32.3 Å². The maximum absolute atomic E-state index is 14.3. The van der Waals surface area contributed by atoms with E-state index in [0.29, 0.717) is 17.7 Å². The summed E-state index contributed by atoms with van der Waals surface area (Å²) in [5.74, 6) is -0.471. The summed E-state index contributed by atoms with van der Waals surface area (Å²) in [7, 11) is 2.77. The van der Waals surface area contributed by atoms with Crippen LogP contribution in [-0.2, 0) is 14.9 Å². The fourth-order valence-corrected chi connectivity index (χ4v) is 2.46. The van der Waals surface area contributed by atoms with Crippen LogP contribution >= 0.6 is 0 Å². The Hall–Kier alpha value is -1.62. The summed E-state index contributed by atoms with van der Waals surface area (Å²) in [6.45, 7) is 3.66. The van der Waals surface area contributed by atoms with E-state index in [1.54, 1.807) is 19.1 Å². The van der Waals surface area contributed by atoms with Gasteiger partial charge in [0.1, 0.15) is 11.6 Å². The molecule has 1 aromatic carbocycles. The van der Waals surface area contributed by atoms with E-state index in [1.807, 2.05) is 6.92 Å². The Bertz CT molecular complexity index is 478. The first-order chi connectivity index (χ1) is 9.40. The molecule has 0 aliphatic heterocycles. The van der Waals surface area contributed by atoms with Gasteiger partial charge in [0, 0.05) is 17.0 Å². The highest BCUT2D eigenvalue weighted by Gasteiger charge is 2.40. The van der Waals surface area contributed by atoms with Crippen molar-refractivity contribution in [2.75, 3.05) is 14.2 Å². The third kappa shape index (κ3) is 3.10. The molecule has 0 aromatic heterocycles. The number of hydrogen-bond acceptors (Lipinski definition) is 4. The lowest BCUT2D eigenvalue weighted by atomic mass is 9.72. The molecular formula is C15H22FNO3. The van der Waals surface area contributed by atoms with E-state index in [-0.39, 0.29) is 6.42 Å². The van der Waals surface area contributed by atoms with Crippen molar-refractivity contribution in [1.29, 1.82) is 0 Å². The van der Waals surface area contributed by atoms with Crippen LogP contribution in [0.25, 0.3) is 0 Å². The minimum atomic E-state index is -0.890. The summed E-state index contributed by atoms with van der Waals surface area (Å²) in [6.07, 6.45) is 0.598. The molecule has 0 saturated heterocycles. The topological polar surface area (TPSA) is 61.6 Å². The monoisotopic (exact) mass is 283 g/mol. The lowest BCUT2D eigenvalue weighted by Crippen LogP contribution is -2.45. The van der Waals surface area contributed by atoms with Gasteiger partial charge in [0.25, 0.3) is 0 Å². The standard InChI is InChI=1S/C15H22FNO3/c1-5-12(17)15(2,9-13(18)20-4)14-10(16)7-6-8-11(14)19-3/h6-8,12H,5,9,17H2,1-4H3. The second kappa shape index (κ2) is 6.70. The van der Waals surface area contributed by atoms with E-state index in [1.165, 1.54) is 20.3 Å². The van der Waals surface area contributed by atoms with Gasteiger partial charge in [-0.2, -0.15) is 0 Å². The summed E-state index contributed by atoms with van der Waals surface area (Å²) in [6, 6.07) is 4.17. The van der Waals surface area contributed by atoms with E-state index in [0.717, 1.165) is 0 Å². The average molecular weight is 283 g/mol. The Kier molecular flexibility index (Phi) is 5.51. The first kappa shape index (κ1) is 16.4. The van der Waals surface area contributed by atoms with Gasteiger partial charge in [-0.05, 0) is 18.6 Å². The first-order valence-corrected chi connectivity index (χ1v) is 6.56. The summed E-state index contributed by atoms with van der Waals surface area (Å²) in [5, 5.41) is 0. The molecule has 20 heavy (non-hydrogen) atoms. The van der Waals surface area contributed by atoms with Gasteiger partial charge in [-0.3, -0.25) is 4.79 Å². The molecule has 0 bridgehead atoms. The van der Waals surface area contributed by atoms with Crippen LogP contribution in [0.3, 0.4) is 0 Å². The Labute approximate surface area is 119 Å². The van der Waals surface area contributed by atoms with Crippen LogP contribution in [0.5, 0.6) is 5.75 Å². The van der Waals surface area contributed by atoms with Gasteiger partial charge in [0.15, 0.2) is 0 Å². The molecule has 1 rings (SSSR count). The minimum Gasteiger partial charge on any atom is -0.496 e. The highest BCUT2D eigenvalue weighted by Crippen LogP contribution is 2.39. The summed E-state index contributed by atoms with van der Waals surface area (Å²) >= 11 is 0. The van der Waals surface area contributed by atoms with E-state index in [9.17, 15) is 9.18 Å². The third-order valence-electron chi connectivity index (χ3n) is 3.76. The van der Waals surface area contributed by atoms with Crippen LogP contribution in [0.2, 0.25) is 0 Å². The number of halogens is 1. The molecule has 0 spiro atoms. The van der Waals surface area contributed by atoms with Crippen LogP contribution in [0.4, 0.5) is 4.39 Å². The van der Waals surface area contributed by atoms with E-state index >= 15 is 0 Å². The molecule has 5 heteroatoms. The molecule has 1 aromatic rings. The number of methoxy groups -OCH3 is 2. The zero-order chi connectivity index (χ0) is 15.3. The van der Waals surface area contributed by atoms with Crippen LogP contribution < -0.4 is 10.5 Å². The predicted molar refractivity (Wildman–Crippen MR) is 75.2 cm³/mol. The number of rotatable bonds is 6. The smallest absolute Gasteiger partial charge is 0.306 e. The molecule has 0 amide bonds. The molecule has 4 nitrogen and oxygen atoms in total.